The fraction of sp³-hybridized carbons (Fsp3) is 0.0526. The summed E-state index contributed by atoms with van der Waals surface area (Å²) in [5.74, 6) is -3.33. The summed E-state index contributed by atoms with van der Waals surface area (Å²) in [6.07, 6.45) is 0. The summed E-state index contributed by atoms with van der Waals surface area (Å²) in [5.41, 5.74) is 0.935. The molecule has 0 saturated carbocycles. The first-order valence-corrected chi connectivity index (χ1v) is 8.40. The van der Waals surface area contributed by atoms with E-state index >= 15 is 0 Å². The van der Waals surface area contributed by atoms with Gasteiger partial charge in [-0.05, 0) is 43.3 Å². The smallest absolute Gasteiger partial charge is 0.201 e. The molecule has 0 atom stereocenters. The van der Waals surface area contributed by atoms with E-state index in [-0.39, 0.29) is 9.79 Å². The van der Waals surface area contributed by atoms with E-state index in [2.05, 4.69) is 0 Å². The molecule has 0 unspecified atom stereocenters. The van der Waals surface area contributed by atoms with Gasteiger partial charge in [0.05, 0.1) is 0 Å². The zero-order valence-corrected chi connectivity index (χ0v) is 13.5. The van der Waals surface area contributed by atoms with Gasteiger partial charge >= 0.3 is 0 Å². The summed E-state index contributed by atoms with van der Waals surface area (Å²) < 4.78 is 57.3. The highest BCUT2D eigenvalue weighted by Gasteiger charge is 2.39. The minimum Gasteiger partial charge on any atom is -0.201 e. The van der Waals surface area contributed by atoms with E-state index < -0.39 is 34.2 Å². The molecule has 5 heteroatoms. The molecule has 24 heavy (non-hydrogen) atoms. The van der Waals surface area contributed by atoms with Crippen LogP contribution in [0.5, 0.6) is 0 Å². The van der Waals surface area contributed by atoms with Crippen molar-refractivity contribution in [2.75, 3.05) is 0 Å². The number of rotatable bonds is 3. The summed E-state index contributed by atoms with van der Waals surface area (Å²) in [5, 5.41) is 0. The standard InChI is InChI=1S/C19H13F4S/c1-12-8-10-13(11-9-12)24(18-14(20)4-2-5-15(18)21)19-16(22)6-3-7-17(19)23/h2-11H,1H3/q+1. The van der Waals surface area contributed by atoms with Crippen LogP contribution in [0.3, 0.4) is 0 Å². The average Bonchev–Trinajstić information content (AvgIpc) is 2.54. The molecule has 3 aromatic rings. The molecule has 0 amide bonds. The molecule has 3 aromatic carbocycles. The van der Waals surface area contributed by atoms with Crippen LogP contribution in [-0.4, -0.2) is 0 Å². The van der Waals surface area contributed by atoms with E-state index in [0.29, 0.717) is 4.90 Å². The second-order valence-electron chi connectivity index (χ2n) is 5.22. The van der Waals surface area contributed by atoms with Gasteiger partial charge in [-0.3, -0.25) is 0 Å². The minimum absolute atomic E-state index is 0.342. The second kappa shape index (κ2) is 6.69. The molecule has 0 aliphatic heterocycles. The number of aryl methyl sites for hydroxylation is 1. The van der Waals surface area contributed by atoms with E-state index in [4.69, 9.17) is 0 Å². The van der Waals surface area contributed by atoms with Crippen molar-refractivity contribution in [3.8, 4) is 0 Å². The van der Waals surface area contributed by atoms with Gasteiger partial charge < -0.3 is 0 Å². The van der Waals surface area contributed by atoms with Crippen LogP contribution in [0.4, 0.5) is 17.6 Å². The van der Waals surface area contributed by atoms with Crippen LogP contribution in [0.1, 0.15) is 5.56 Å². The monoisotopic (exact) mass is 349 g/mol. The molecule has 0 saturated heterocycles. The maximum absolute atomic E-state index is 14.3. The first-order valence-electron chi connectivity index (χ1n) is 7.18. The van der Waals surface area contributed by atoms with Crippen LogP contribution in [0.25, 0.3) is 0 Å². The normalized spacial score (nSPS) is 11.1. The lowest BCUT2D eigenvalue weighted by molar-refractivity contribution is 0.528. The fourth-order valence-electron chi connectivity index (χ4n) is 2.37. The summed E-state index contributed by atoms with van der Waals surface area (Å²) in [7, 11) is -1.57. The van der Waals surface area contributed by atoms with E-state index in [1.54, 1.807) is 24.3 Å². The zero-order valence-electron chi connectivity index (χ0n) is 12.7. The summed E-state index contributed by atoms with van der Waals surface area (Å²) in [6.45, 7) is 1.86. The van der Waals surface area contributed by atoms with Gasteiger partial charge in [0, 0.05) is 0 Å². The molecule has 0 heterocycles. The Labute approximate surface area is 140 Å². The van der Waals surface area contributed by atoms with Gasteiger partial charge in [-0.25, -0.2) is 17.6 Å². The summed E-state index contributed by atoms with van der Waals surface area (Å²) >= 11 is 0. The Hall–Kier alpha value is -2.27. The van der Waals surface area contributed by atoms with Crippen molar-refractivity contribution in [3.63, 3.8) is 0 Å². The van der Waals surface area contributed by atoms with Gasteiger partial charge in [-0.2, -0.15) is 0 Å². The highest BCUT2D eigenvalue weighted by molar-refractivity contribution is 7.97. The van der Waals surface area contributed by atoms with Crippen molar-refractivity contribution < 1.29 is 17.6 Å². The number of hydrogen-bond acceptors (Lipinski definition) is 0. The molecule has 0 nitrogen and oxygen atoms in total. The second-order valence-corrected chi connectivity index (χ2v) is 7.12. The largest absolute Gasteiger partial charge is 0.237 e. The van der Waals surface area contributed by atoms with Crippen molar-refractivity contribution in [1.29, 1.82) is 0 Å². The Morgan fingerprint density at radius 2 is 0.958 bits per heavy atom. The number of halogens is 4. The van der Waals surface area contributed by atoms with Crippen LogP contribution < -0.4 is 0 Å². The van der Waals surface area contributed by atoms with E-state index in [0.717, 1.165) is 29.8 Å². The lowest BCUT2D eigenvalue weighted by Gasteiger charge is -2.11. The Kier molecular flexibility index (Phi) is 4.62. The molecule has 0 N–H and O–H groups in total. The van der Waals surface area contributed by atoms with Crippen molar-refractivity contribution in [3.05, 3.63) is 89.5 Å². The Balaban J connectivity index is 2.32. The van der Waals surface area contributed by atoms with Gasteiger partial charge in [0.15, 0.2) is 28.2 Å². The van der Waals surface area contributed by atoms with Gasteiger partial charge in [0.25, 0.3) is 0 Å². The van der Waals surface area contributed by atoms with Crippen molar-refractivity contribution in [1.82, 2.24) is 0 Å². The van der Waals surface area contributed by atoms with Crippen molar-refractivity contribution in [2.24, 2.45) is 0 Å². The molecule has 0 radical (unpaired) electrons. The van der Waals surface area contributed by atoms with Gasteiger partial charge in [0.1, 0.15) is 10.9 Å². The first-order chi connectivity index (χ1) is 11.5. The molecule has 0 aliphatic rings. The predicted octanol–water partition coefficient (Wildman–Crippen LogP) is 5.65. The Morgan fingerprint density at radius 3 is 1.33 bits per heavy atom. The number of benzene rings is 3. The molecule has 122 valence electrons. The van der Waals surface area contributed by atoms with Crippen molar-refractivity contribution >= 4 is 10.9 Å². The molecule has 3 rings (SSSR count). The third-order valence-corrected chi connectivity index (χ3v) is 5.84. The van der Waals surface area contributed by atoms with E-state index in [1.807, 2.05) is 6.92 Å². The Bertz CT molecular complexity index is 783. The van der Waals surface area contributed by atoms with Crippen LogP contribution in [0.2, 0.25) is 0 Å². The average molecular weight is 349 g/mol. The lowest BCUT2D eigenvalue weighted by Crippen LogP contribution is -2.13. The molecular weight excluding hydrogens is 336 g/mol. The Morgan fingerprint density at radius 1 is 0.583 bits per heavy atom. The van der Waals surface area contributed by atoms with Gasteiger partial charge in [-0.15, -0.1) is 0 Å². The minimum atomic E-state index is -1.57. The fourth-order valence-corrected chi connectivity index (χ4v) is 4.50. The maximum Gasteiger partial charge on any atom is 0.237 e. The molecule has 0 aromatic heterocycles. The molecule has 0 fully saturated rings. The van der Waals surface area contributed by atoms with E-state index in [1.165, 1.54) is 12.1 Å². The van der Waals surface area contributed by atoms with Gasteiger partial charge in [-0.1, -0.05) is 29.8 Å². The third-order valence-electron chi connectivity index (χ3n) is 3.50. The highest BCUT2D eigenvalue weighted by atomic mass is 32.2. The predicted molar refractivity (Wildman–Crippen MR) is 86.1 cm³/mol. The summed E-state index contributed by atoms with van der Waals surface area (Å²) in [6, 6.07) is 13.6. The zero-order chi connectivity index (χ0) is 17.3. The SMILES string of the molecule is Cc1ccc([S+](c2c(F)cccc2F)c2c(F)cccc2F)cc1. The molecular formula is C19H13F4S+. The molecule has 0 aliphatic carbocycles. The first kappa shape index (κ1) is 16.6. The summed E-state index contributed by atoms with van der Waals surface area (Å²) in [4.78, 5) is -0.246. The van der Waals surface area contributed by atoms with Crippen LogP contribution in [0, 0.1) is 30.2 Å². The maximum atomic E-state index is 14.3. The third kappa shape index (κ3) is 3.04. The van der Waals surface area contributed by atoms with Crippen LogP contribution >= 0.6 is 0 Å². The molecule has 0 spiro atoms. The number of hydrogen-bond donors (Lipinski definition) is 0. The quantitative estimate of drug-likeness (QED) is 0.424. The topological polar surface area (TPSA) is 0 Å². The van der Waals surface area contributed by atoms with Gasteiger partial charge in [0.2, 0.25) is 9.79 Å². The van der Waals surface area contributed by atoms with Crippen LogP contribution in [-0.2, 0) is 10.9 Å². The molecule has 0 bridgehead atoms. The van der Waals surface area contributed by atoms with Crippen LogP contribution in [0.15, 0.2) is 75.4 Å². The lowest BCUT2D eigenvalue weighted by atomic mass is 10.2. The van der Waals surface area contributed by atoms with Crippen molar-refractivity contribution in [2.45, 2.75) is 21.6 Å². The highest BCUT2D eigenvalue weighted by Crippen LogP contribution is 2.37. The van der Waals surface area contributed by atoms with E-state index in [9.17, 15) is 17.6 Å².